The fourth-order valence-electron chi connectivity index (χ4n) is 4.17. The van der Waals surface area contributed by atoms with Gasteiger partial charge < -0.3 is 14.9 Å². The number of aromatic nitrogens is 2. The molecule has 28 heavy (non-hydrogen) atoms. The Hall–Kier alpha value is -2.27. The van der Waals surface area contributed by atoms with E-state index in [1.807, 2.05) is 0 Å². The predicted octanol–water partition coefficient (Wildman–Crippen LogP) is 2.79. The van der Waals surface area contributed by atoms with E-state index in [4.69, 9.17) is 5.11 Å². The summed E-state index contributed by atoms with van der Waals surface area (Å²) in [7, 11) is 0. The summed E-state index contributed by atoms with van der Waals surface area (Å²) < 4.78 is 78.7. The molecule has 1 aliphatic carbocycles. The fourth-order valence-corrected chi connectivity index (χ4v) is 4.17. The van der Waals surface area contributed by atoms with Crippen LogP contribution in [0.4, 0.5) is 38.1 Å². The van der Waals surface area contributed by atoms with E-state index in [1.54, 1.807) is 4.90 Å². The smallest absolute Gasteiger partial charge is 0.433 e. The van der Waals surface area contributed by atoms with Gasteiger partial charge >= 0.3 is 18.3 Å². The number of aliphatic carboxylic acids is 1. The lowest BCUT2D eigenvalue weighted by atomic mass is 10.0. The zero-order chi connectivity index (χ0) is 20.4. The Morgan fingerprint density at radius 3 is 2.25 bits per heavy atom. The molecule has 3 fully saturated rings. The summed E-state index contributed by atoms with van der Waals surface area (Å²) in [6, 6.07) is -1.15. The number of hydrogen-bond acceptors (Lipinski definition) is 5. The molecule has 1 aromatic heterocycles. The van der Waals surface area contributed by atoms with Crippen LogP contribution >= 0.6 is 0 Å². The number of halogens is 6. The highest BCUT2D eigenvalue weighted by Crippen LogP contribution is 2.54. The Morgan fingerprint density at radius 2 is 1.79 bits per heavy atom. The van der Waals surface area contributed by atoms with Gasteiger partial charge in [-0.3, -0.25) is 4.79 Å². The summed E-state index contributed by atoms with van der Waals surface area (Å²) in [5, 5.41) is 8.85. The molecule has 3 aliphatic rings. The van der Waals surface area contributed by atoms with Gasteiger partial charge in [0.15, 0.2) is 5.69 Å². The van der Waals surface area contributed by atoms with Gasteiger partial charge in [0, 0.05) is 32.1 Å². The highest BCUT2D eigenvalue weighted by atomic mass is 19.4. The molecule has 0 radical (unpaired) electrons. The molecule has 0 amide bonds. The second-order valence-corrected chi connectivity index (χ2v) is 7.44. The number of rotatable bonds is 4. The Kier molecular flexibility index (Phi) is 4.16. The maximum absolute atomic E-state index is 13.2. The number of alkyl halides is 6. The van der Waals surface area contributed by atoms with Gasteiger partial charge in [-0.1, -0.05) is 0 Å². The topological polar surface area (TPSA) is 69.6 Å². The van der Waals surface area contributed by atoms with Crippen LogP contribution in [0.15, 0.2) is 6.07 Å². The summed E-state index contributed by atoms with van der Waals surface area (Å²) in [6.07, 6.45) is -9.61. The summed E-state index contributed by atoms with van der Waals surface area (Å²) in [6.45, 7) is 0.592. The molecule has 4 atom stereocenters. The maximum atomic E-state index is 13.2. The lowest BCUT2D eigenvalue weighted by molar-refractivity contribution is -0.160. The predicted molar refractivity (Wildman–Crippen MR) is 83.8 cm³/mol. The van der Waals surface area contributed by atoms with Crippen molar-refractivity contribution in [2.45, 2.75) is 31.2 Å². The van der Waals surface area contributed by atoms with Crippen LogP contribution in [0.2, 0.25) is 0 Å². The minimum atomic E-state index is -4.82. The number of carboxylic acid groups (broad SMARTS) is 1. The van der Waals surface area contributed by atoms with Crippen LogP contribution in [0.25, 0.3) is 0 Å². The number of carboxylic acids is 1. The number of piperidine rings is 1. The van der Waals surface area contributed by atoms with Crippen LogP contribution in [0.3, 0.4) is 0 Å². The van der Waals surface area contributed by atoms with E-state index in [9.17, 15) is 31.1 Å². The first-order chi connectivity index (χ1) is 12.9. The summed E-state index contributed by atoms with van der Waals surface area (Å²) in [4.78, 5) is 20.4. The number of nitrogens with zero attached hydrogens (tertiary/aromatic N) is 4. The molecule has 2 aliphatic heterocycles. The zero-order valence-electron chi connectivity index (χ0n) is 14.3. The largest absolute Gasteiger partial charge is 0.481 e. The quantitative estimate of drug-likeness (QED) is 0.770. The van der Waals surface area contributed by atoms with Gasteiger partial charge in [0.05, 0.1) is 0 Å². The van der Waals surface area contributed by atoms with Crippen molar-refractivity contribution in [3.05, 3.63) is 11.8 Å². The number of fused-ring (bicyclic) bond motifs is 1. The average Bonchev–Trinajstić information content (AvgIpc) is 2.95. The molecule has 0 spiro atoms. The highest BCUT2D eigenvalue weighted by Gasteiger charge is 2.56. The van der Waals surface area contributed by atoms with Gasteiger partial charge in [-0.25, -0.2) is 4.98 Å². The number of carbonyl (C=O) groups is 1. The van der Waals surface area contributed by atoms with Crippen molar-refractivity contribution in [1.82, 2.24) is 9.97 Å². The van der Waals surface area contributed by atoms with Crippen molar-refractivity contribution in [2.24, 2.45) is 17.8 Å². The summed E-state index contributed by atoms with van der Waals surface area (Å²) in [5.74, 6) is -1.49. The van der Waals surface area contributed by atoms with Gasteiger partial charge in [-0.2, -0.15) is 31.3 Å². The Balaban J connectivity index is 1.58. The molecule has 2 saturated heterocycles. The zero-order valence-corrected chi connectivity index (χ0v) is 14.3. The van der Waals surface area contributed by atoms with Crippen LogP contribution in [0.1, 0.15) is 18.5 Å². The monoisotopic (exact) mass is 410 g/mol. The van der Waals surface area contributed by atoms with Gasteiger partial charge in [0.25, 0.3) is 0 Å². The average molecular weight is 410 g/mol. The lowest BCUT2D eigenvalue weighted by Gasteiger charge is -2.42. The summed E-state index contributed by atoms with van der Waals surface area (Å²) >= 11 is 0. The van der Waals surface area contributed by atoms with E-state index in [2.05, 4.69) is 9.97 Å². The van der Waals surface area contributed by atoms with Crippen LogP contribution in [0, 0.1) is 17.8 Å². The molecule has 3 heterocycles. The van der Waals surface area contributed by atoms with E-state index in [1.165, 1.54) is 0 Å². The molecule has 1 N–H and O–H groups in total. The third-order valence-corrected chi connectivity index (χ3v) is 5.75. The van der Waals surface area contributed by atoms with Gasteiger partial charge in [-0.15, -0.1) is 0 Å². The third-order valence-electron chi connectivity index (χ3n) is 5.75. The van der Waals surface area contributed by atoms with Crippen molar-refractivity contribution in [3.63, 3.8) is 0 Å². The maximum Gasteiger partial charge on any atom is 0.433 e. The Bertz CT molecular complexity index is 786. The van der Waals surface area contributed by atoms with Crippen LogP contribution in [0.5, 0.6) is 0 Å². The summed E-state index contributed by atoms with van der Waals surface area (Å²) in [5.41, 5.74) is -1.29. The first kappa shape index (κ1) is 19.1. The Morgan fingerprint density at radius 1 is 1.14 bits per heavy atom. The number of anilines is 2. The first-order valence-corrected chi connectivity index (χ1v) is 8.71. The van der Waals surface area contributed by atoms with Crippen molar-refractivity contribution in [3.8, 4) is 0 Å². The molecule has 4 rings (SSSR count). The SMILES string of the molecule is O=C(O)CC1[C@H]2CN(c3cc(C(F)(F)F)nc(N4CC[C@@H]4C(F)(F)F)n3)C[C@@H]12. The van der Waals surface area contributed by atoms with Crippen LogP contribution in [-0.2, 0) is 11.0 Å². The lowest BCUT2D eigenvalue weighted by Crippen LogP contribution is -2.56. The second-order valence-electron chi connectivity index (χ2n) is 7.44. The molecule has 154 valence electrons. The molecule has 1 saturated carbocycles. The third kappa shape index (κ3) is 3.32. The standard InChI is InChI=1S/C16H16F6N4O2/c17-15(18,19)10-4-12(25-5-8-7(3-13(27)28)9(8)6-25)24-14(23-10)26-2-1-11(26)16(20,21)22/h4,7-9,11H,1-3,5-6H2,(H,27,28)/t7?,8-,9+,11-/m1/s1. The van der Waals surface area contributed by atoms with Crippen LogP contribution in [-0.4, -0.2) is 52.9 Å². The van der Waals surface area contributed by atoms with E-state index < -0.39 is 36.0 Å². The molecule has 0 bridgehead atoms. The minimum Gasteiger partial charge on any atom is -0.481 e. The van der Waals surface area contributed by atoms with Crippen molar-refractivity contribution in [2.75, 3.05) is 29.4 Å². The van der Waals surface area contributed by atoms with Crippen molar-refractivity contribution >= 4 is 17.7 Å². The molecular weight excluding hydrogens is 394 g/mol. The van der Waals surface area contributed by atoms with E-state index in [0.29, 0.717) is 13.1 Å². The van der Waals surface area contributed by atoms with Crippen molar-refractivity contribution < 1.29 is 36.2 Å². The van der Waals surface area contributed by atoms with Crippen molar-refractivity contribution in [1.29, 1.82) is 0 Å². The molecular formula is C16H16F6N4O2. The van der Waals surface area contributed by atoms with Crippen LogP contribution < -0.4 is 9.80 Å². The highest BCUT2D eigenvalue weighted by molar-refractivity contribution is 5.68. The van der Waals surface area contributed by atoms with E-state index in [-0.39, 0.29) is 43.0 Å². The molecule has 1 aromatic rings. The molecule has 12 heteroatoms. The first-order valence-electron chi connectivity index (χ1n) is 8.71. The minimum absolute atomic E-state index is 0.00698. The molecule has 6 nitrogen and oxygen atoms in total. The van der Waals surface area contributed by atoms with E-state index in [0.717, 1.165) is 11.0 Å². The fraction of sp³-hybridized carbons (Fsp3) is 0.688. The van der Waals surface area contributed by atoms with Gasteiger partial charge in [-0.05, 0) is 24.2 Å². The second kappa shape index (κ2) is 6.11. The van der Waals surface area contributed by atoms with Gasteiger partial charge in [0.2, 0.25) is 5.95 Å². The normalized spacial score (nSPS) is 29.5. The molecule has 1 unspecified atom stereocenters. The number of hydrogen-bond donors (Lipinski definition) is 1. The van der Waals surface area contributed by atoms with Gasteiger partial charge in [0.1, 0.15) is 11.9 Å². The molecule has 0 aromatic carbocycles. The Labute approximate surface area is 155 Å². The van der Waals surface area contributed by atoms with E-state index >= 15 is 0 Å².